The van der Waals surface area contributed by atoms with Crippen molar-refractivity contribution in [3.05, 3.63) is 89.4 Å². The lowest BCUT2D eigenvalue weighted by molar-refractivity contribution is 0.413. The zero-order valence-corrected chi connectivity index (χ0v) is 19.1. The second-order valence-corrected chi connectivity index (χ2v) is 8.96. The molecule has 4 aromatic carbocycles. The summed E-state index contributed by atoms with van der Waals surface area (Å²) in [5.74, 6) is 1.53. The van der Waals surface area contributed by atoms with Crippen LogP contribution in [0.15, 0.2) is 99.3 Å². The Morgan fingerprint density at radius 1 is 0.806 bits per heavy atom. The van der Waals surface area contributed by atoms with Gasteiger partial charge in [-0.15, -0.1) is 0 Å². The van der Waals surface area contributed by atoms with Crippen molar-refractivity contribution in [1.82, 2.24) is 9.97 Å². The first-order valence-corrected chi connectivity index (χ1v) is 11.3. The van der Waals surface area contributed by atoms with Gasteiger partial charge in [0.2, 0.25) is 0 Å². The Morgan fingerprint density at radius 3 is 2.23 bits per heavy atom. The van der Waals surface area contributed by atoms with Gasteiger partial charge in [0.25, 0.3) is 0 Å². The van der Waals surface area contributed by atoms with Crippen LogP contribution in [0.4, 0.5) is 11.5 Å². The Labute approximate surface area is 192 Å². The molecule has 0 bridgehead atoms. The van der Waals surface area contributed by atoms with E-state index in [2.05, 4.69) is 45.5 Å². The zero-order chi connectivity index (χ0) is 21.2. The van der Waals surface area contributed by atoms with Crippen LogP contribution in [0.1, 0.15) is 0 Å². The molecule has 0 aliphatic heterocycles. The van der Waals surface area contributed by atoms with Gasteiger partial charge in [-0.3, -0.25) is 0 Å². The van der Waals surface area contributed by atoms with Crippen molar-refractivity contribution in [3.8, 4) is 5.75 Å². The minimum Gasteiger partial charge on any atom is -0.497 e. The molecule has 0 saturated heterocycles. The number of benzene rings is 4. The number of anilines is 2. The molecule has 0 spiro atoms. The number of nitrogens with one attached hydrogen (secondary N) is 1. The molecule has 31 heavy (non-hydrogen) atoms. The van der Waals surface area contributed by atoms with Crippen LogP contribution in [0.3, 0.4) is 0 Å². The Hall–Kier alpha value is -3.09. The molecule has 0 aliphatic carbocycles. The van der Waals surface area contributed by atoms with E-state index >= 15 is 0 Å². The number of methoxy groups -OCH3 is 1. The van der Waals surface area contributed by atoms with Crippen LogP contribution in [0.2, 0.25) is 0 Å². The summed E-state index contributed by atoms with van der Waals surface area (Å²) in [6.07, 6.45) is 0. The Bertz CT molecular complexity index is 1390. The van der Waals surface area contributed by atoms with E-state index in [4.69, 9.17) is 14.7 Å². The summed E-state index contributed by atoms with van der Waals surface area (Å²) in [5, 5.41) is 6.54. The summed E-state index contributed by atoms with van der Waals surface area (Å²) in [6, 6.07) is 28.4. The molecule has 6 heteroatoms. The van der Waals surface area contributed by atoms with E-state index in [-0.39, 0.29) is 0 Å². The van der Waals surface area contributed by atoms with Crippen LogP contribution in [-0.4, -0.2) is 17.1 Å². The standard InChI is InChI=1S/C25H18BrN3OS/c1-30-20-7-4-8-21(15-20)31-25-24(27-19-11-9-18(26)10-12-19)28-22-13-16-5-2-3-6-17(16)14-23(22)29-25/h2-15H,1H3,(H,27,28). The number of rotatable bonds is 5. The molecule has 0 saturated carbocycles. The maximum Gasteiger partial charge on any atom is 0.164 e. The lowest BCUT2D eigenvalue weighted by Crippen LogP contribution is -1.99. The second-order valence-electron chi connectivity index (χ2n) is 6.98. The number of nitrogens with zero attached hydrogens (tertiary/aromatic N) is 2. The predicted octanol–water partition coefficient (Wildman–Crippen LogP) is 7.45. The molecular formula is C25H18BrN3OS. The quantitative estimate of drug-likeness (QED) is 0.261. The predicted molar refractivity (Wildman–Crippen MR) is 132 cm³/mol. The third-order valence-corrected chi connectivity index (χ3v) is 6.36. The molecule has 5 aromatic rings. The summed E-state index contributed by atoms with van der Waals surface area (Å²) in [5.41, 5.74) is 2.67. The number of hydrogen-bond donors (Lipinski definition) is 1. The van der Waals surface area contributed by atoms with Crippen LogP contribution >= 0.6 is 27.7 Å². The molecule has 1 heterocycles. The van der Waals surface area contributed by atoms with Crippen LogP contribution in [0, 0.1) is 0 Å². The SMILES string of the molecule is COc1cccc(Sc2nc3cc4ccccc4cc3nc2Nc2ccc(Br)cc2)c1. The molecular weight excluding hydrogens is 470 g/mol. The monoisotopic (exact) mass is 487 g/mol. The molecule has 1 aromatic heterocycles. The van der Waals surface area contributed by atoms with E-state index in [1.807, 2.05) is 60.7 Å². The minimum absolute atomic E-state index is 0.720. The van der Waals surface area contributed by atoms with E-state index in [9.17, 15) is 0 Å². The fourth-order valence-electron chi connectivity index (χ4n) is 3.32. The average Bonchev–Trinajstić information content (AvgIpc) is 2.80. The van der Waals surface area contributed by atoms with Gasteiger partial charge in [-0.25, -0.2) is 9.97 Å². The fraction of sp³-hybridized carbons (Fsp3) is 0.0400. The van der Waals surface area contributed by atoms with Crippen molar-refractivity contribution in [1.29, 1.82) is 0 Å². The van der Waals surface area contributed by atoms with Gasteiger partial charge in [-0.1, -0.05) is 58.0 Å². The van der Waals surface area contributed by atoms with Crippen LogP contribution in [0.5, 0.6) is 5.75 Å². The summed E-state index contributed by atoms with van der Waals surface area (Å²) >= 11 is 5.05. The summed E-state index contributed by atoms with van der Waals surface area (Å²) in [7, 11) is 1.67. The molecule has 5 rings (SSSR count). The van der Waals surface area contributed by atoms with E-state index in [0.29, 0.717) is 0 Å². The number of fused-ring (bicyclic) bond motifs is 2. The molecule has 0 unspecified atom stereocenters. The van der Waals surface area contributed by atoms with Crippen molar-refractivity contribution < 1.29 is 4.74 Å². The lowest BCUT2D eigenvalue weighted by atomic mass is 10.1. The topological polar surface area (TPSA) is 47.0 Å². The Balaban J connectivity index is 1.63. The molecule has 1 N–H and O–H groups in total. The highest BCUT2D eigenvalue weighted by Gasteiger charge is 2.13. The van der Waals surface area contributed by atoms with Gasteiger partial charge in [0.05, 0.1) is 18.1 Å². The highest BCUT2D eigenvalue weighted by molar-refractivity contribution is 9.10. The van der Waals surface area contributed by atoms with E-state index in [1.165, 1.54) is 0 Å². The normalized spacial score (nSPS) is 11.0. The van der Waals surface area contributed by atoms with Gasteiger partial charge < -0.3 is 10.1 Å². The maximum absolute atomic E-state index is 5.38. The Kier molecular flexibility index (Phi) is 5.49. The van der Waals surface area contributed by atoms with E-state index in [1.54, 1.807) is 18.9 Å². The smallest absolute Gasteiger partial charge is 0.164 e. The van der Waals surface area contributed by atoms with Crippen molar-refractivity contribution in [2.24, 2.45) is 0 Å². The highest BCUT2D eigenvalue weighted by Crippen LogP contribution is 2.36. The summed E-state index contributed by atoms with van der Waals surface area (Å²) in [4.78, 5) is 11.0. The van der Waals surface area contributed by atoms with Crippen molar-refractivity contribution in [2.45, 2.75) is 9.92 Å². The van der Waals surface area contributed by atoms with Gasteiger partial charge in [-0.05, 0) is 65.4 Å². The van der Waals surface area contributed by atoms with Crippen molar-refractivity contribution in [2.75, 3.05) is 12.4 Å². The molecule has 0 fully saturated rings. The number of aromatic nitrogens is 2. The van der Waals surface area contributed by atoms with Gasteiger partial charge in [0.1, 0.15) is 10.8 Å². The van der Waals surface area contributed by atoms with Crippen molar-refractivity contribution >= 4 is 61.0 Å². The first-order chi connectivity index (χ1) is 15.2. The zero-order valence-electron chi connectivity index (χ0n) is 16.7. The Morgan fingerprint density at radius 2 is 1.52 bits per heavy atom. The molecule has 0 aliphatic rings. The third-order valence-electron chi connectivity index (χ3n) is 4.86. The first-order valence-electron chi connectivity index (χ1n) is 9.73. The van der Waals surface area contributed by atoms with E-state index < -0.39 is 0 Å². The number of ether oxygens (including phenoxy) is 1. The average molecular weight is 488 g/mol. The van der Waals surface area contributed by atoms with Gasteiger partial charge >= 0.3 is 0 Å². The molecule has 4 nitrogen and oxygen atoms in total. The molecule has 0 atom stereocenters. The van der Waals surface area contributed by atoms with Gasteiger partial charge in [-0.2, -0.15) is 0 Å². The van der Waals surface area contributed by atoms with Gasteiger partial charge in [0.15, 0.2) is 5.82 Å². The number of halogens is 1. The molecule has 152 valence electrons. The third kappa shape index (κ3) is 4.36. The summed E-state index contributed by atoms with van der Waals surface area (Å²) in [6.45, 7) is 0. The van der Waals surface area contributed by atoms with Crippen LogP contribution in [-0.2, 0) is 0 Å². The largest absolute Gasteiger partial charge is 0.497 e. The second kappa shape index (κ2) is 8.57. The maximum atomic E-state index is 5.38. The fourth-order valence-corrected chi connectivity index (χ4v) is 4.47. The minimum atomic E-state index is 0.720. The summed E-state index contributed by atoms with van der Waals surface area (Å²) < 4.78 is 6.41. The number of hydrogen-bond acceptors (Lipinski definition) is 5. The highest BCUT2D eigenvalue weighted by atomic mass is 79.9. The van der Waals surface area contributed by atoms with Gasteiger partial charge in [0, 0.05) is 15.1 Å². The molecule has 0 amide bonds. The van der Waals surface area contributed by atoms with E-state index in [0.717, 1.165) is 53.5 Å². The van der Waals surface area contributed by atoms with Crippen LogP contribution in [0.25, 0.3) is 21.8 Å². The van der Waals surface area contributed by atoms with Crippen molar-refractivity contribution in [3.63, 3.8) is 0 Å². The van der Waals surface area contributed by atoms with Crippen LogP contribution < -0.4 is 10.1 Å². The first kappa shape index (κ1) is 19.8. The molecule has 0 radical (unpaired) electrons. The lowest BCUT2D eigenvalue weighted by Gasteiger charge is -2.13.